The largest absolute Gasteiger partial charge is 0.375 e. The van der Waals surface area contributed by atoms with Crippen LogP contribution in [0.5, 0.6) is 0 Å². The van der Waals surface area contributed by atoms with E-state index >= 15 is 0 Å². The summed E-state index contributed by atoms with van der Waals surface area (Å²) in [4.78, 5) is 7.10. The number of nitrogens with zero attached hydrogens (tertiary/aromatic N) is 5. The Morgan fingerprint density at radius 2 is 1.87 bits per heavy atom. The topological polar surface area (TPSA) is 70.4 Å². The second-order valence-electron chi connectivity index (χ2n) is 8.53. The Balaban J connectivity index is 0.00000341. The van der Waals surface area contributed by atoms with E-state index in [0.717, 1.165) is 43.0 Å². The monoisotopic (exact) mass is 539 g/mol. The molecule has 2 aromatic rings. The molecule has 1 aromatic carbocycles. The van der Waals surface area contributed by atoms with Crippen LogP contribution in [-0.4, -0.2) is 46.9 Å². The second kappa shape index (κ2) is 12.9. The van der Waals surface area contributed by atoms with E-state index in [-0.39, 0.29) is 24.0 Å². The number of halogens is 1. The van der Waals surface area contributed by atoms with Gasteiger partial charge < -0.3 is 20.1 Å². The van der Waals surface area contributed by atoms with Crippen molar-refractivity contribution >= 4 is 35.6 Å². The molecule has 172 valence electrons. The molecule has 1 aliphatic carbocycles. The summed E-state index contributed by atoms with van der Waals surface area (Å²) in [6.45, 7) is 6.71. The van der Waals surface area contributed by atoms with Crippen LogP contribution in [0.3, 0.4) is 0 Å². The van der Waals surface area contributed by atoms with Crippen molar-refractivity contribution in [1.29, 1.82) is 0 Å². The van der Waals surface area contributed by atoms with Crippen molar-refractivity contribution in [2.45, 2.75) is 58.5 Å². The van der Waals surface area contributed by atoms with Gasteiger partial charge in [-0.15, -0.1) is 34.2 Å². The highest BCUT2D eigenvalue weighted by Crippen LogP contribution is 2.23. The molecular weight excluding hydrogens is 501 g/mol. The molecule has 1 heterocycles. The van der Waals surface area contributed by atoms with Gasteiger partial charge in [0.1, 0.15) is 12.4 Å². The summed E-state index contributed by atoms with van der Waals surface area (Å²) in [7, 11) is 4.13. The van der Waals surface area contributed by atoms with E-state index in [1.807, 2.05) is 18.5 Å². The van der Waals surface area contributed by atoms with Gasteiger partial charge in [-0.3, -0.25) is 0 Å². The zero-order valence-corrected chi connectivity index (χ0v) is 21.7. The summed E-state index contributed by atoms with van der Waals surface area (Å²) in [6, 6.07) is 11.0. The number of hydrogen-bond donors (Lipinski definition) is 2. The lowest BCUT2D eigenvalue weighted by molar-refractivity contribution is 0.329. The summed E-state index contributed by atoms with van der Waals surface area (Å²) in [5, 5.41) is 15.6. The predicted octanol–water partition coefficient (Wildman–Crippen LogP) is 3.88. The van der Waals surface area contributed by atoms with Gasteiger partial charge in [-0.05, 0) is 57.1 Å². The third-order valence-corrected chi connectivity index (χ3v) is 6.08. The summed E-state index contributed by atoms with van der Waals surface area (Å²) < 4.78 is 2.00. The van der Waals surface area contributed by atoms with Crippen LogP contribution in [0.4, 0.5) is 5.69 Å². The number of aliphatic imine (C=N–C) groups is 1. The summed E-state index contributed by atoms with van der Waals surface area (Å²) in [5.74, 6) is 3.52. The number of benzene rings is 1. The molecule has 31 heavy (non-hydrogen) atoms. The first-order valence-electron chi connectivity index (χ1n) is 11.2. The minimum atomic E-state index is 0. The van der Waals surface area contributed by atoms with E-state index < -0.39 is 0 Å². The van der Waals surface area contributed by atoms with Crippen LogP contribution in [0, 0.1) is 12.8 Å². The average molecular weight is 540 g/mol. The van der Waals surface area contributed by atoms with Gasteiger partial charge in [0.05, 0.1) is 0 Å². The van der Waals surface area contributed by atoms with Crippen LogP contribution in [0.1, 0.15) is 50.7 Å². The minimum Gasteiger partial charge on any atom is -0.375 e. The molecule has 0 radical (unpaired) electrons. The van der Waals surface area contributed by atoms with Gasteiger partial charge in [-0.25, -0.2) is 4.99 Å². The van der Waals surface area contributed by atoms with E-state index in [1.165, 1.54) is 31.4 Å². The quantitative estimate of drug-likeness (QED) is 0.231. The van der Waals surface area contributed by atoms with Gasteiger partial charge in [-0.1, -0.05) is 25.1 Å². The van der Waals surface area contributed by atoms with Gasteiger partial charge in [0.25, 0.3) is 0 Å². The van der Waals surface area contributed by atoms with Crippen LogP contribution in [0.2, 0.25) is 0 Å². The zero-order valence-electron chi connectivity index (χ0n) is 19.3. The summed E-state index contributed by atoms with van der Waals surface area (Å²) in [6.07, 6.45) is 6.03. The van der Waals surface area contributed by atoms with Crippen LogP contribution >= 0.6 is 24.0 Å². The Bertz CT molecular complexity index is 798. The molecule has 0 amide bonds. The standard InChI is InChI=1S/C23H37N7.HI/c1-18-11-13-20(14-12-18)26-23(25-17-22-28-27-19(2)30(22)4)24-15-8-16-29(3)21-9-6-5-7-10-21;/h5-7,9-10,18,20H,8,11-17H2,1-4H3,(H2,24,25,26);1H. The van der Waals surface area contributed by atoms with E-state index in [2.05, 4.69) is 70.0 Å². The van der Waals surface area contributed by atoms with Gasteiger partial charge in [0, 0.05) is 38.9 Å². The van der Waals surface area contributed by atoms with Crippen molar-refractivity contribution in [1.82, 2.24) is 25.4 Å². The predicted molar refractivity (Wildman–Crippen MR) is 139 cm³/mol. The van der Waals surface area contributed by atoms with Crippen molar-refractivity contribution in [3.63, 3.8) is 0 Å². The molecule has 1 aromatic heterocycles. The van der Waals surface area contributed by atoms with Gasteiger partial charge in [-0.2, -0.15) is 0 Å². The first-order chi connectivity index (χ1) is 14.5. The third-order valence-electron chi connectivity index (χ3n) is 6.08. The Kier molecular flexibility index (Phi) is 10.6. The number of guanidine groups is 1. The fourth-order valence-electron chi connectivity index (χ4n) is 3.82. The SMILES string of the molecule is Cc1nnc(CN=C(NCCCN(C)c2ccccc2)NC2CCC(C)CC2)n1C.I. The molecule has 1 fully saturated rings. The van der Waals surface area contributed by atoms with Crippen LogP contribution in [0.25, 0.3) is 0 Å². The van der Waals surface area contributed by atoms with Crippen molar-refractivity contribution in [2.75, 3.05) is 25.0 Å². The first kappa shape index (κ1) is 25.4. The van der Waals surface area contributed by atoms with Gasteiger partial charge >= 0.3 is 0 Å². The van der Waals surface area contributed by atoms with E-state index in [0.29, 0.717) is 12.6 Å². The molecule has 0 aliphatic heterocycles. The Labute approximate surface area is 204 Å². The number of nitrogens with one attached hydrogen (secondary N) is 2. The number of aryl methyl sites for hydroxylation is 1. The lowest BCUT2D eigenvalue weighted by Crippen LogP contribution is -2.45. The van der Waals surface area contributed by atoms with Crippen molar-refractivity contribution in [3.05, 3.63) is 42.0 Å². The average Bonchev–Trinajstić information content (AvgIpc) is 3.09. The maximum atomic E-state index is 4.81. The Morgan fingerprint density at radius 3 is 2.52 bits per heavy atom. The highest BCUT2D eigenvalue weighted by Gasteiger charge is 2.19. The molecule has 0 atom stereocenters. The number of rotatable bonds is 8. The molecule has 0 spiro atoms. The van der Waals surface area contributed by atoms with Crippen molar-refractivity contribution in [2.24, 2.45) is 18.0 Å². The first-order valence-corrected chi connectivity index (χ1v) is 11.2. The molecule has 3 rings (SSSR count). The molecular formula is C23H38IN7. The normalized spacial score (nSPS) is 18.9. The van der Waals surface area contributed by atoms with E-state index in [1.54, 1.807) is 0 Å². The highest BCUT2D eigenvalue weighted by atomic mass is 127. The summed E-state index contributed by atoms with van der Waals surface area (Å²) >= 11 is 0. The molecule has 1 saturated carbocycles. The molecule has 8 heteroatoms. The van der Waals surface area contributed by atoms with Crippen molar-refractivity contribution < 1.29 is 0 Å². The van der Waals surface area contributed by atoms with Gasteiger partial charge in [0.15, 0.2) is 11.8 Å². The van der Waals surface area contributed by atoms with Crippen LogP contribution in [0.15, 0.2) is 35.3 Å². The molecule has 0 saturated heterocycles. The van der Waals surface area contributed by atoms with E-state index in [4.69, 9.17) is 4.99 Å². The Hall–Kier alpha value is -1.84. The molecule has 0 bridgehead atoms. The fourth-order valence-corrected chi connectivity index (χ4v) is 3.82. The summed E-state index contributed by atoms with van der Waals surface area (Å²) in [5.41, 5.74) is 1.25. The smallest absolute Gasteiger partial charge is 0.191 e. The maximum absolute atomic E-state index is 4.81. The van der Waals surface area contributed by atoms with Crippen LogP contribution < -0.4 is 15.5 Å². The van der Waals surface area contributed by atoms with E-state index in [9.17, 15) is 0 Å². The lowest BCUT2D eigenvalue weighted by Gasteiger charge is -2.28. The lowest BCUT2D eigenvalue weighted by atomic mass is 9.87. The number of para-hydroxylation sites is 1. The van der Waals surface area contributed by atoms with Crippen LogP contribution in [-0.2, 0) is 13.6 Å². The van der Waals surface area contributed by atoms with Gasteiger partial charge in [0.2, 0.25) is 0 Å². The molecule has 1 aliphatic rings. The second-order valence-corrected chi connectivity index (χ2v) is 8.53. The number of anilines is 1. The molecule has 0 unspecified atom stereocenters. The number of aromatic nitrogens is 3. The molecule has 7 nitrogen and oxygen atoms in total. The highest BCUT2D eigenvalue weighted by molar-refractivity contribution is 14.0. The third kappa shape index (κ3) is 7.97. The Morgan fingerprint density at radius 1 is 1.16 bits per heavy atom. The fraction of sp³-hybridized carbons (Fsp3) is 0.609. The molecule has 2 N–H and O–H groups in total. The maximum Gasteiger partial charge on any atom is 0.191 e. The number of hydrogen-bond acceptors (Lipinski definition) is 4. The zero-order chi connectivity index (χ0) is 21.3. The minimum absolute atomic E-state index is 0. The van der Waals surface area contributed by atoms with Crippen molar-refractivity contribution in [3.8, 4) is 0 Å².